The number of aliphatic imine (C=N–C) groups is 1. The Morgan fingerprint density at radius 3 is 2.15 bits per heavy atom. The average Bonchev–Trinajstić information content (AvgIpc) is 2.61. The summed E-state index contributed by atoms with van der Waals surface area (Å²) < 4.78 is 0. The summed E-state index contributed by atoms with van der Waals surface area (Å²) in [6.45, 7) is 17.5. The van der Waals surface area contributed by atoms with Crippen LogP contribution in [-0.2, 0) is 5.41 Å². The van der Waals surface area contributed by atoms with Crippen LogP contribution in [0.15, 0.2) is 66.7 Å². The van der Waals surface area contributed by atoms with Crippen LogP contribution in [0.25, 0.3) is 0 Å². The third-order valence-corrected chi connectivity index (χ3v) is 4.36. The zero-order chi connectivity index (χ0) is 20.0. The van der Waals surface area contributed by atoms with Gasteiger partial charge in [-0.05, 0) is 48.2 Å². The molecule has 0 aliphatic rings. The van der Waals surface area contributed by atoms with Gasteiger partial charge in [0, 0.05) is 36.1 Å². The van der Waals surface area contributed by atoms with Gasteiger partial charge < -0.3 is 10.0 Å². The van der Waals surface area contributed by atoms with Crippen molar-refractivity contribution in [2.24, 2.45) is 4.99 Å². The van der Waals surface area contributed by atoms with E-state index in [4.69, 9.17) is 0 Å². The number of phenolic OH excluding ortho intramolecular Hbond substituents is 1. The van der Waals surface area contributed by atoms with E-state index in [1.165, 1.54) is 0 Å². The van der Waals surface area contributed by atoms with E-state index in [1.807, 2.05) is 55.5 Å². The molecule has 0 aliphatic carbocycles. The van der Waals surface area contributed by atoms with Crippen LogP contribution in [0.5, 0.6) is 5.75 Å². The SMILES string of the molecule is C=CCN(CC=C)c1ccc(N=Cc2cc(C)cc(C(C)(C)C)c2O)cc1. The van der Waals surface area contributed by atoms with Gasteiger partial charge >= 0.3 is 0 Å². The standard InChI is InChI=1S/C24H30N2O/c1-7-13-26(14-8-2)21-11-9-20(10-12-21)25-17-19-15-18(3)16-22(23(19)27)24(4,5)6/h7-12,15-17,27H,1-2,13-14H2,3-6H3. The monoisotopic (exact) mass is 362 g/mol. The molecule has 2 aromatic rings. The van der Waals surface area contributed by atoms with Gasteiger partial charge in [-0.1, -0.05) is 39.0 Å². The Hall–Kier alpha value is -2.81. The van der Waals surface area contributed by atoms with Crippen molar-refractivity contribution in [1.29, 1.82) is 0 Å². The number of benzene rings is 2. The van der Waals surface area contributed by atoms with Gasteiger partial charge in [-0.15, -0.1) is 13.2 Å². The van der Waals surface area contributed by atoms with Crippen molar-refractivity contribution in [2.45, 2.75) is 33.1 Å². The molecule has 142 valence electrons. The molecule has 0 fully saturated rings. The molecule has 3 nitrogen and oxygen atoms in total. The second-order valence-corrected chi connectivity index (χ2v) is 7.76. The van der Waals surface area contributed by atoms with Gasteiger partial charge in [0.2, 0.25) is 0 Å². The van der Waals surface area contributed by atoms with E-state index < -0.39 is 0 Å². The van der Waals surface area contributed by atoms with Crippen LogP contribution in [0.4, 0.5) is 11.4 Å². The first kappa shape index (κ1) is 20.5. The third-order valence-electron chi connectivity index (χ3n) is 4.36. The van der Waals surface area contributed by atoms with Crippen LogP contribution in [0.3, 0.4) is 0 Å². The number of hydrogen-bond donors (Lipinski definition) is 1. The molecular formula is C24H30N2O. The molecule has 2 rings (SSSR count). The van der Waals surface area contributed by atoms with Crippen molar-refractivity contribution >= 4 is 17.6 Å². The quantitative estimate of drug-likeness (QED) is 0.490. The lowest BCUT2D eigenvalue weighted by Crippen LogP contribution is -2.22. The molecule has 0 spiro atoms. The number of aromatic hydroxyl groups is 1. The number of nitrogens with zero attached hydrogens (tertiary/aromatic N) is 2. The molecule has 1 N–H and O–H groups in total. The second kappa shape index (κ2) is 8.72. The highest BCUT2D eigenvalue weighted by molar-refractivity contribution is 5.86. The maximum atomic E-state index is 10.6. The largest absolute Gasteiger partial charge is 0.507 e. The first-order valence-corrected chi connectivity index (χ1v) is 9.21. The van der Waals surface area contributed by atoms with Crippen molar-refractivity contribution in [2.75, 3.05) is 18.0 Å². The molecule has 0 saturated heterocycles. The zero-order valence-electron chi connectivity index (χ0n) is 16.9. The van der Waals surface area contributed by atoms with Crippen molar-refractivity contribution in [3.63, 3.8) is 0 Å². The van der Waals surface area contributed by atoms with Crippen molar-refractivity contribution in [3.8, 4) is 5.75 Å². The molecule has 0 radical (unpaired) electrons. The van der Waals surface area contributed by atoms with E-state index in [-0.39, 0.29) is 5.41 Å². The fourth-order valence-corrected chi connectivity index (χ4v) is 2.97. The number of anilines is 1. The van der Waals surface area contributed by atoms with Gasteiger partial charge in [0.1, 0.15) is 5.75 Å². The Kier molecular flexibility index (Phi) is 6.62. The third kappa shape index (κ3) is 5.33. The van der Waals surface area contributed by atoms with Crippen molar-refractivity contribution in [1.82, 2.24) is 0 Å². The first-order chi connectivity index (χ1) is 12.8. The molecule has 0 bridgehead atoms. The molecule has 0 atom stereocenters. The highest BCUT2D eigenvalue weighted by atomic mass is 16.3. The van der Waals surface area contributed by atoms with E-state index in [0.29, 0.717) is 5.75 Å². The van der Waals surface area contributed by atoms with Gasteiger partial charge in [-0.25, -0.2) is 0 Å². The normalized spacial score (nSPS) is 11.6. The lowest BCUT2D eigenvalue weighted by Gasteiger charge is -2.22. The number of rotatable bonds is 7. The average molecular weight is 363 g/mol. The topological polar surface area (TPSA) is 35.8 Å². The molecule has 0 aromatic heterocycles. The lowest BCUT2D eigenvalue weighted by molar-refractivity contribution is 0.445. The van der Waals surface area contributed by atoms with Gasteiger partial charge in [0.25, 0.3) is 0 Å². The fourth-order valence-electron chi connectivity index (χ4n) is 2.97. The van der Waals surface area contributed by atoms with Crippen LogP contribution in [0.1, 0.15) is 37.5 Å². The molecule has 0 amide bonds. The smallest absolute Gasteiger partial charge is 0.128 e. The Bertz CT molecular complexity index is 817. The number of hydrogen-bond acceptors (Lipinski definition) is 3. The van der Waals surface area contributed by atoms with E-state index >= 15 is 0 Å². The van der Waals surface area contributed by atoms with E-state index in [1.54, 1.807) is 6.21 Å². The van der Waals surface area contributed by atoms with Crippen molar-refractivity contribution in [3.05, 3.63) is 78.4 Å². The van der Waals surface area contributed by atoms with Crippen LogP contribution < -0.4 is 4.90 Å². The fraction of sp³-hybridized carbons (Fsp3) is 0.292. The Labute approximate surface area is 163 Å². The number of aryl methyl sites for hydroxylation is 1. The summed E-state index contributed by atoms with van der Waals surface area (Å²) in [7, 11) is 0. The minimum atomic E-state index is -0.125. The van der Waals surface area contributed by atoms with Gasteiger partial charge in [-0.3, -0.25) is 4.99 Å². The maximum Gasteiger partial charge on any atom is 0.128 e. The van der Waals surface area contributed by atoms with E-state index in [2.05, 4.69) is 43.8 Å². The summed E-state index contributed by atoms with van der Waals surface area (Å²) in [5.41, 5.74) is 4.60. The summed E-state index contributed by atoms with van der Waals surface area (Å²) in [5, 5.41) is 10.6. The molecule has 27 heavy (non-hydrogen) atoms. The summed E-state index contributed by atoms with van der Waals surface area (Å²) in [6.07, 6.45) is 5.49. The van der Waals surface area contributed by atoms with Crippen LogP contribution in [0, 0.1) is 6.92 Å². The van der Waals surface area contributed by atoms with E-state index in [9.17, 15) is 5.11 Å². The highest BCUT2D eigenvalue weighted by Gasteiger charge is 2.20. The molecular weight excluding hydrogens is 332 g/mol. The van der Waals surface area contributed by atoms with Crippen molar-refractivity contribution < 1.29 is 5.11 Å². The molecule has 0 aliphatic heterocycles. The molecule has 0 saturated carbocycles. The van der Waals surface area contributed by atoms with Crippen LogP contribution in [0.2, 0.25) is 0 Å². The highest BCUT2D eigenvalue weighted by Crippen LogP contribution is 2.34. The van der Waals surface area contributed by atoms with Gasteiger partial charge in [0.05, 0.1) is 5.69 Å². The molecule has 0 unspecified atom stereocenters. The molecule has 3 heteroatoms. The predicted molar refractivity (Wildman–Crippen MR) is 118 cm³/mol. The second-order valence-electron chi connectivity index (χ2n) is 7.76. The summed E-state index contributed by atoms with van der Waals surface area (Å²) in [4.78, 5) is 6.73. The van der Waals surface area contributed by atoms with E-state index in [0.717, 1.165) is 41.2 Å². The first-order valence-electron chi connectivity index (χ1n) is 9.21. The minimum absolute atomic E-state index is 0.125. The Morgan fingerprint density at radius 1 is 1.04 bits per heavy atom. The zero-order valence-corrected chi connectivity index (χ0v) is 16.9. The van der Waals surface area contributed by atoms with Crippen LogP contribution >= 0.6 is 0 Å². The Morgan fingerprint density at radius 2 is 1.63 bits per heavy atom. The number of phenols is 1. The van der Waals surface area contributed by atoms with Crippen LogP contribution in [-0.4, -0.2) is 24.4 Å². The minimum Gasteiger partial charge on any atom is -0.507 e. The summed E-state index contributed by atoms with van der Waals surface area (Å²) in [5.74, 6) is 0.302. The molecule has 0 heterocycles. The summed E-state index contributed by atoms with van der Waals surface area (Å²) >= 11 is 0. The Balaban J connectivity index is 2.27. The van der Waals surface area contributed by atoms with Gasteiger partial charge in [-0.2, -0.15) is 0 Å². The summed E-state index contributed by atoms with van der Waals surface area (Å²) in [6, 6.07) is 12.0. The van der Waals surface area contributed by atoms with Gasteiger partial charge in [0.15, 0.2) is 0 Å². The predicted octanol–water partition coefficient (Wildman–Crippen LogP) is 5.93. The molecule has 2 aromatic carbocycles. The maximum absolute atomic E-state index is 10.6. The lowest BCUT2D eigenvalue weighted by atomic mass is 9.84.